The van der Waals surface area contributed by atoms with Crippen LogP contribution in [0.15, 0.2) is 41.8 Å². The van der Waals surface area contributed by atoms with Gasteiger partial charge in [0, 0.05) is 6.54 Å². The first-order valence-electron chi connectivity index (χ1n) is 7.46. The molecule has 0 spiro atoms. The Hall–Kier alpha value is -2.74. The number of thiophene rings is 1. The van der Waals surface area contributed by atoms with Gasteiger partial charge in [-0.05, 0) is 34.7 Å². The number of methoxy groups -OCH3 is 1. The van der Waals surface area contributed by atoms with Gasteiger partial charge in [0.05, 0.1) is 12.0 Å². The van der Waals surface area contributed by atoms with Gasteiger partial charge in [-0.25, -0.2) is 0 Å². The zero-order chi connectivity index (χ0) is 16.8. The molecule has 8 heteroatoms. The highest BCUT2D eigenvalue weighted by Gasteiger charge is 2.10. The van der Waals surface area contributed by atoms with Crippen LogP contribution in [0.2, 0.25) is 0 Å². The van der Waals surface area contributed by atoms with Crippen LogP contribution >= 0.6 is 11.3 Å². The summed E-state index contributed by atoms with van der Waals surface area (Å²) in [5, 5.41) is 16.9. The minimum atomic E-state index is -0.153. The smallest absolute Gasteiger partial charge is 0.243 e. The highest BCUT2D eigenvalue weighted by atomic mass is 32.1. The van der Waals surface area contributed by atoms with Crippen LogP contribution in [0, 0.1) is 0 Å². The minimum absolute atomic E-state index is 0.0459. The van der Waals surface area contributed by atoms with E-state index in [0.717, 1.165) is 16.2 Å². The average molecular weight is 343 g/mol. The molecule has 0 aliphatic carbocycles. The number of rotatable bonds is 7. The molecule has 0 aliphatic heterocycles. The van der Waals surface area contributed by atoms with E-state index in [9.17, 15) is 4.79 Å². The van der Waals surface area contributed by atoms with Crippen LogP contribution in [0.4, 0.5) is 0 Å². The molecular formula is C16H17N5O2S. The second-order valence-corrected chi connectivity index (χ2v) is 5.98. The zero-order valence-corrected chi connectivity index (χ0v) is 14.0. The maximum atomic E-state index is 12.0. The fourth-order valence-corrected chi connectivity index (χ4v) is 2.89. The highest BCUT2D eigenvalue weighted by Crippen LogP contribution is 2.19. The lowest BCUT2D eigenvalue weighted by Gasteiger charge is -2.08. The molecule has 1 aromatic carbocycles. The van der Waals surface area contributed by atoms with Crippen LogP contribution in [0.1, 0.15) is 5.56 Å². The molecule has 3 rings (SSSR count). The summed E-state index contributed by atoms with van der Waals surface area (Å²) < 4.78 is 5.29. The molecule has 24 heavy (non-hydrogen) atoms. The number of aromatic nitrogens is 4. The summed E-state index contributed by atoms with van der Waals surface area (Å²) in [7, 11) is 1.64. The van der Waals surface area contributed by atoms with Crippen molar-refractivity contribution in [3.63, 3.8) is 0 Å². The molecule has 0 saturated heterocycles. The molecule has 1 amide bonds. The Morgan fingerprint density at radius 1 is 1.29 bits per heavy atom. The van der Waals surface area contributed by atoms with Crippen molar-refractivity contribution in [3.05, 3.63) is 47.3 Å². The van der Waals surface area contributed by atoms with E-state index in [1.54, 1.807) is 7.11 Å². The minimum Gasteiger partial charge on any atom is -0.496 e. The second kappa shape index (κ2) is 7.69. The van der Waals surface area contributed by atoms with E-state index >= 15 is 0 Å². The maximum Gasteiger partial charge on any atom is 0.243 e. The Bertz CT molecular complexity index is 800. The van der Waals surface area contributed by atoms with Crippen molar-refractivity contribution >= 4 is 17.2 Å². The van der Waals surface area contributed by atoms with Crippen LogP contribution in [-0.2, 0) is 17.8 Å². The summed E-state index contributed by atoms with van der Waals surface area (Å²) in [5.74, 6) is 1.21. The van der Waals surface area contributed by atoms with E-state index < -0.39 is 0 Å². The number of benzene rings is 1. The normalized spacial score (nSPS) is 10.5. The van der Waals surface area contributed by atoms with E-state index in [4.69, 9.17) is 4.74 Å². The van der Waals surface area contributed by atoms with E-state index in [-0.39, 0.29) is 12.5 Å². The quantitative estimate of drug-likeness (QED) is 0.707. The summed E-state index contributed by atoms with van der Waals surface area (Å²) in [5.41, 5.74) is 1.05. The lowest BCUT2D eigenvalue weighted by molar-refractivity contribution is -0.122. The monoisotopic (exact) mass is 343 g/mol. The molecule has 1 N–H and O–H groups in total. The first kappa shape index (κ1) is 16.1. The number of hydrogen-bond donors (Lipinski definition) is 1. The van der Waals surface area contributed by atoms with Gasteiger partial charge in [0.1, 0.15) is 12.3 Å². The van der Waals surface area contributed by atoms with Gasteiger partial charge in [-0.15, -0.1) is 21.5 Å². The van der Waals surface area contributed by atoms with Crippen molar-refractivity contribution in [3.8, 4) is 16.5 Å². The standard InChI is InChI=1S/C16H17N5O2S/c1-23-13-6-3-2-5-12(13)8-9-17-15(22)11-21-19-16(18-20-21)14-7-4-10-24-14/h2-7,10H,8-9,11H2,1H3,(H,17,22). The number of ether oxygens (including phenoxy) is 1. The topological polar surface area (TPSA) is 81.9 Å². The molecule has 0 atom stereocenters. The van der Waals surface area contributed by atoms with Gasteiger partial charge in [-0.2, -0.15) is 4.80 Å². The lowest BCUT2D eigenvalue weighted by atomic mass is 10.1. The largest absolute Gasteiger partial charge is 0.496 e. The number of amides is 1. The summed E-state index contributed by atoms with van der Waals surface area (Å²) in [6, 6.07) is 11.6. The van der Waals surface area contributed by atoms with Crippen molar-refractivity contribution in [1.29, 1.82) is 0 Å². The number of para-hydroxylation sites is 1. The Labute approximate surface area is 143 Å². The highest BCUT2D eigenvalue weighted by molar-refractivity contribution is 7.13. The van der Waals surface area contributed by atoms with Crippen LogP contribution in [0.25, 0.3) is 10.7 Å². The van der Waals surface area contributed by atoms with Crippen molar-refractivity contribution in [2.24, 2.45) is 0 Å². The number of nitrogens with zero attached hydrogens (tertiary/aromatic N) is 4. The SMILES string of the molecule is COc1ccccc1CCNC(=O)Cn1nnc(-c2cccs2)n1. The van der Waals surface area contributed by atoms with Crippen LogP contribution in [-0.4, -0.2) is 39.8 Å². The van der Waals surface area contributed by atoms with Crippen LogP contribution in [0.3, 0.4) is 0 Å². The van der Waals surface area contributed by atoms with Crippen molar-refractivity contribution < 1.29 is 9.53 Å². The second-order valence-electron chi connectivity index (χ2n) is 5.03. The van der Waals surface area contributed by atoms with Gasteiger partial charge in [0.2, 0.25) is 11.7 Å². The molecule has 0 aliphatic rings. The van der Waals surface area contributed by atoms with Gasteiger partial charge >= 0.3 is 0 Å². The van der Waals surface area contributed by atoms with Gasteiger partial charge < -0.3 is 10.1 Å². The molecule has 0 unspecified atom stereocenters. The number of tetrazole rings is 1. The van der Waals surface area contributed by atoms with Crippen LogP contribution < -0.4 is 10.1 Å². The van der Waals surface area contributed by atoms with Crippen LogP contribution in [0.5, 0.6) is 5.75 Å². The zero-order valence-electron chi connectivity index (χ0n) is 13.2. The molecule has 0 bridgehead atoms. The first-order valence-corrected chi connectivity index (χ1v) is 8.34. The van der Waals surface area contributed by atoms with Crippen molar-refractivity contribution in [2.75, 3.05) is 13.7 Å². The van der Waals surface area contributed by atoms with E-state index in [2.05, 4.69) is 20.7 Å². The van der Waals surface area contributed by atoms with Crippen molar-refractivity contribution in [1.82, 2.24) is 25.5 Å². The molecule has 2 heterocycles. The fraction of sp³-hybridized carbons (Fsp3) is 0.250. The Kier molecular flexibility index (Phi) is 5.17. The van der Waals surface area contributed by atoms with Gasteiger partial charge in [0.25, 0.3) is 0 Å². The predicted octanol–water partition coefficient (Wildman–Crippen LogP) is 1.77. The molecule has 0 fully saturated rings. The molecule has 0 radical (unpaired) electrons. The molecule has 0 saturated carbocycles. The molecular weight excluding hydrogens is 326 g/mol. The summed E-state index contributed by atoms with van der Waals surface area (Å²) >= 11 is 1.53. The Morgan fingerprint density at radius 2 is 2.17 bits per heavy atom. The molecule has 2 aromatic heterocycles. The molecule has 7 nitrogen and oxygen atoms in total. The maximum absolute atomic E-state index is 12.0. The van der Waals surface area contributed by atoms with E-state index in [0.29, 0.717) is 18.8 Å². The molecule has 124 valence electrons. The van der Waals surface area contributed by atoms with Gasteiger partial charge in [-0.3, -0.25) is 4.79 Å². The van der Waals surface area contributed by atoms with E-state index in [1.165, 1.54) is 16.1 Å². The van der Waals surface area contributed by atoms with Gasteiger partial charge in [0.15, 0.2) is 0 Å². The third kappa shape index (κ3) is 3.96. The summed E-state index contributed by atoms with van der Waals surface area (Å²) in [4.78, 5) is 14.2. The third-order valence-corrected chi connectivity index (χ3v) is 4.25. The number of hydrogen-bond acceptors (Lipinski definition) is 6. The van der Waals surface area contributed by atoms with E-state index in [1.807, 2.05) is 41.8 Å². The fourth-order valence-electron chi connectivity index (χ4n) is 2.25. The molecule has 3 aromatic rings. The number of nitrogens with one attached hydrogen (secondary N) is 1. The summed E-state index contributed by atoms with van der Waals surface area (Å²) in [6.07, 6.45) is 0.695. The lowest BCUT2D eigenvalue weighted by Crippen LogP contribution is -2.30. The average Bonchev–Trinajstić information content (AvgIpc) is 3.26. The Balaban J connectivity index is 1.49. The predicted molar refractivity (Wildman–Crippen MR) is 90.8 cm³/mol. The first-order chi connectivity index (χ1) is 11.8. The van der Waals surface area contributed by atoms with Gasteiger partial charge in [-0.1, -0.05) is 24.3 Å². The summed E-state index contributed by atoms with van der Waals surface area (Å²) in [6.45, 7) is 0.565. The third-order valence-electron chi connectivity index (χ3n) is 3.39. The number of carbonyl (C=O) groups excluding carboxylic acids is 1. The number of carbonyl (C=O) groups is 1. The van der Waals surface area contributed by atoms with Crippen molar-refractivity contribution in [2.45, 2.75) is 13.0 Å². The Morgan fingerprint density at radius 3 is 2.96 bits per heavy atom.